The molecule has 0 saturated heterocycles. The zero-order valence-corrected chi connectivity index (χ0v) is 8.07. The molecule has 0 aliphatic heterocycles. The molecule has 68 valence electrons. The van der Waals surface area contributed by atoms with Gasteiger partial charge in [-0.15, -0.1) is 12.4 Å². The quantitative estimate of drug-likeness (QED) is 0.825. The molecule has 1 rings (SSSR count). The summed E-state index contributed by atoms with van der Waals surface area (Å²) < 4.78 is 5.23. The SMILES string of the molecule is Cl.NCCOc1ccccc1Cl. The Morgan fingerprint density at radius 3 is 2.58 bits per heavy atom. The number of halogens is 2. The minimum absolute atomic E-state index is 0. The van der Waals surface area contributed by atoms with Gasteiger partial charge in [0.25, 0.3) is 0 Å². The standard InChI is InChI=1S/C8H10ClNO.ClH/c9-7-3-1-2-4-8(7)11-6-5-10;/h1-4H,5-6,10H2;1H. The Balaban J connectivity index is 0.00000121. The summed E-state index contributed by atoms with van der Waals surface area (Å²) in [6.45, 7) is 1.01. The smallest absolute Gasteiger partial charge is 0.137 e. The molecule has 12 heavy (non-hydrogen) atoms. The van der Waals surface area contributed by atoms with Crippen LogP contribution in [0.5, 0.6) is 5.75 Å². The maximum absolute atomic E-state index is 5.79. The lowest BCUT2D eigenvalue weighted by Gasteiger charge is -2.04. The van der Waals surface area contributed by atoms with Crippen molar-refractivity contribution in [2.75, 3.05) is 13.2 Å². The monoisotopic (exact) mass is 207 g/mol. The number of rotatable bonds is 3. The van der Waals surface area contributed by atoms with Crippen molar-refractivity contribution >= 4 is 24.0 Å². The molecule has 1 aromatic carbocycles. The van der Waals surface area contributed by atoms with Crippen LogP contribution in [-0.4, -0.2) is 13.2 Å². The largest absolute Gasteiger partial charge is 0.491 e. The summed E-state index contributed by atoms with van der Waals surface area (Å²) in [5.41, 5.74) is 5.26. The Hall–Kier alpha value is -0.440. The van der Waals surface area contributed by atoms with Gasteiger partial charge in [-0.05, 0) is 12.1 Å². The van der Waals surface area contributed by atoms with Crippen molar-refractivity contribution in [3.05, 3.63) is 29.3 Å². The van der Waals surface area contributed by atoms with Crippen molar-refractivity contribution in [2.45, 2.75) is 0 Å². The molecule has 2 N–H and O–H groups in total. The molecular weight excluding hydrogens is 197 g/mol. The second-order valence-corrected chi connectivity index (χ2v) is 2.47. The van der Waals surface area contributed by atoms with Gasteiger partial charge in [0.2, 0.25) is 0 Å². The van der Waals surface area contributed by atoms with Crippen LogP contribution < -0.4 is 10.5 Å². The molecule has 4 heteroatoms. The van der Waals surface area contributed by atoms with Crippen LogP contribution in [0.15, 0.2) is 24.3 Å². The molecule has 0 fully saturated rings. The van der Waals surface area contributed by atoms with E-state index in [0.29, 0.717) is 23.9 Å². The zero-order valence-electron chi connectivity index (χ0n) is 6.50. The second kappa shape index (κ2) is 6.12. The molecule has 0 saturated carbocycles. The molecule has 1 aromatic rings. The highest BCUT2D eigenvalue weighted by molar-refractivity contribution is 6.32. The van der Waals surface area contributed by atoms with Crippen molar-refractivity contribution < 1.29 is 4.74 Å². The minimum atomic E-state index is 0. The van der Waals surface area contributed by atoms with E-state index < -0.39 is 0 Å². The molecule has 0 unspecified atom stereocenters. The molecule has 0 heterocycles. The molecule has 0 aliphatic carbocycles. The fourth-order valence-electron chi connectivity index (χ4n) is 0.731. The van der Waals surface area contributed by atoms with Gasteiger partial charge in [0, 0.05) is 6.54 Å². The van der Waals surface area contributed by atoms with E-state index in [1.807, 2.05) is 18.2 Å². The van der Waals surface area contributed by atoms with Crippen molar-refractivity contribution in [3.8, 4) is 5.75 Å². The van der Waals surface area contributed by atoms with Gasteiger partial charge in [0.05, 0.1) is 5.02 Å². The molecule has 0 bridgehead atoms. The van der Waals surface area contributed by atoms with Gasteiger partial charge >= 0.3 is 0 Å². The Bertz CT molecular complexity index is 230. The number of hydrogen-bond acceptors (Lipinski definition) is 2. The van der Waals surface area contributed by atoms with Gasteiger partial charge in [0.15, 0.2) is 0 Å². The summed E-state index contributed by atoms with van der Waals surface area (Å²) >= 11 is 5.79. The van der Waals surface area contributed by atoms with Crippen LogP contribution in [-0.2, 0) is 0 Å². The number of hydrogen-bond donors (Lipinski definition) is 1. The highest BCUT2D eigenvalue weighted by atomic mass is 35.5. The maximum Gasteiger partial charge on any atom is 0.137 e. The maximum atomic E-state index is 5.79. The van der Waals surface area contributed by atoms with E-state index in [1.54, 1.807) is 6.07 Å². The summed E-state index contributed by atoms with van der Waals surface area (Å²) in [5.74, 6) is 0.694. The lowest BCUT2D eigenvalue weighted by atomic mass is 10.3. The van der Waals surface area contributed by atoms with Crippen LogP contribution in [0.25, 0.3) is 0 Å². The summed E-state index contributed by atoms with van der Waals surface area (Å²) in [7, 11) is 0. The van der Waals surface area contributed by atoms with Gasteiger partial charge < -0.3 is 10.5 Å². The topological polar surface area (TPSA) is 35.2 Å². The van der Waals surface area contributed by atoms with Crippen molar-refractivity contribution in [1.29, 1.82) is 0 Å². The predicted octanol–water partition coefficient (Wildman–Crippen LogP) is 2.10. The third kappa shape index (κ3) is 3.30. The van der Waals surface area contributed by atoms with Crippen LogP contribution in [0, 0.1) is 0 Å². The lowest BCUT2D eigenvalue weighted by Crippen LogP contribution is -2.10. The first-order chi connectivity index (χ1) is 5.34. The average Bonchev–Trinajstić information content (AvgIpc) is 2.03. The molecule has 0 aliphatic rings. The Morgan fingerprint density at radius 2 is 2.00 bits per heavy atom. The van der Waals surface area contributed by atoms with Crippen LogP contribution in [0.4, 0.5) is 0 Å². The van der Waals surface area contributed by atoms with Gasteiger partial charge in [-0.3, -0.25) is 0 Å². The highest BCUT2D eigenvalue weighted by Crippen LogP contribution is 2.22. The average molecular weight is 208 g/mol. The number of nitrogens with two attached hydrogens (primary N) is 1. The molecule has 0 aromatic heterocycles. The van der Waals surface area contributed by atoms with E-state index >= 15 is 0 Å². The summed E-state index contributed by atoms with van der Waals surface area (Å²) in [5, 5.41) is 0.626. The molecule has 0 spiro atoms. The summed E-state index contributed by atoms with van der Waals surface area (Å²) in [4.78, 5) is 0. The van der Waals surface area contributed by atoms with E-state index in [0.717, 1.165) is 0 Å². The van der Waals surface area contributed by atoms with E-state index in [4.69, 9.17) is 22.1 Å². The van der Waals surface area contributed by atoms with Gasteiger partial charge in [-0.25, -0.2) is 0 Å². The van der Waals surface area contributed by atoms with Crippen LogP contribution >= 0.6 is 24.0 Å². The summed E-state index contributed by atoms with van der Waals surface area (Å²) in [6, 6.07) is 7.33. The number of benzene rings is 1. The zero-order chi connectivity index (χ0) is 8.10. The fraction of sp³-hybridized carbons (Fsp3) is 0.250. The van der Waals surface area contributed by atoms with Crippen molar-refractivity contribution in [1.82, 2.24) is 0 Å². The van der Waals surface area contributed by atoms with Gasteiger partial charge in [0.1, 0.15) is 12.4 Å². The van der Waals surface area contributed by atoms with Crippen LogP contribution in [0.1, 0.15) is 0 Å². The third-order valence-electron chi connectivity index (χ3n) is 1.21. The predicted molar refractivity (Wildman–Crippen MR) is 53.2 cm³/mol. The lowest BCUT2D eigenvalue weighted by molar-refractivity contribution is 0.328. The van der Waals surface area contributed by atoms with E-state index in [2.05, 4.69) is 0 Å². The molecular formula is C8H11Cl2NO. The Kier molecular flexibility index (Phi) is 5.89. The third-order valence-corrected chi connectivity index (χ3v) is 1.52. The first kappa shape index (κ1) is 11.6. The number of para-hydroxylation sites is 1. The summed E-state index contributed by atoms with van der Waals surface area (Å²) in [6.07, 6.45) is 0. The first-order valence-corrected chi connectivity index (χ1v) is 3.80. The molecule has 2 nitrogen and oxygen atoms in total. The van der Waals surface area contributed by atoms with Crippen LogP contribution in [0.3, 0.4) is 0 Å². The van der Waals surface area contributed by atoms with Gasteiger partial charge in [-0.2, -0.15) is 0 Å². The molecule has 0 amide bonds. The van der Waals surface area contributed by atoms with Crippen molar-refractivity contribution in [2.24, 2.45) is 5.73 Å². The van der Waals surface area contributed by atoms with E-state index in [9.17, 15) is 0 Å². The molecule has 0 atom stereocenters. The fourth-order valence-corrected chi connectivity index (χ4v) is 0.921. The molecule has 0 radical (unpaired) electrons. The van der Waals surface area contributed by atoms with E-state index in [-0.39, 0.29) is 12.4 Å². The first-order valence-electron chi connectivity index (χ1n) is 3.42. The minimum Gasteiger partial charge on any atom is -0.491 e. The van der Waals surface area contributed by atoms with Crippen molar-refractivity contribution in [3.63, 3.8) is 0 Å². The highest BCUT2D eigenvalue weighted by Gasteiger charge is 1.96. The normalized spacial score (nSPS) is 8.83. The van der Waals surface area contributed by atoms with E-state index in [1.165, 1.54) is 0 Å². The Morgan fingerprint density at radius 1 is 1.33 bits per heavy atom. The second-order valence-electron chi connectivity index (χ2n) is 2.07. The van der Waals surface area contributed by atoms with Crippen LogP contribution in [0.2, 0.25) is 5.02 Å². The Labute approximate surface area is 83.1 Å². The number of ether oxygens (including phenoxy) is 1. The van der Waals surface area contributed by atoms with Gasteiger partial charge in [-0.1, -0.05) is 23.7 Å².